The maximum Gasteiger partial charge on any atom is 0.229 e. The highest BCUT2D eigenvalue weighted by molar-refractivity contribution is 7.14. The van der Waals surface area contributed by atoms with Gasteiger partial charge in [0.2, 0.25) is 11.8 Å². The molecule has 1 saturated carbocycles. The van der Waals surface area contributed by atoms with Crippen LogP contribution in [-0.2, 0) is 16.0 Å². The standard InChI is InChI=1S/C21H23N3O3S/c25-19(13-5-8-24(9-6-13)20(26)14-1-2-14)23-21-22-17(12-28-21)15-3-4-18-16(11-15)7-10-27-18/h3-4,11-14H,1-2,5-10H2,(H,22,23,25). The van der Waals surface area contributed by atoms with Crippen molar-refractivity contribution >= 4 is 28.3 Å². The second kappa shape index (κ2) is 7.20. The van der Waals surface area contributed by atoms with Crippen LogP contribution in [0.4, 0.5) is 5.13 Å². The van der Waals surface area contributed by atoms with Crippen molar-refractivity contribution in [1.82, 2.24) is 9.88 Å². The van der Waals surface area contributed by atoms with Crippen LogP contribution in [0.25, 0.3) is 11.3 Å². The van der Waals surface area contributed by atoms with Crippen LogP contribution in [0.1, 0.15) is 31.2 Å². The SMILES string of the molecule is O=C(Nc1nc(-c2ccc3c(c2)CCO3)cs1)C1CCN(C(=O)C2CC2)CC1. The maximum absolute atomic E-state index is 12.6. The molecule has 6 nitrogen and oxygen atoms in total. The highest BCUT2D eigenvalue weighted by Gasteiger charge is 2.36. The van der Waals surface area contributed by atoms with Gasteiger partial charge in [-0.15, -0.1) is 11.3 Å². The molecule has 0 unspecified atom stereocenters. The van der Waals surface area contributed by atoms with E-state index >= 15 is 0 Å². The van der Waals surface area contributed by atoms with Crippen molar-refractivity contribution in [3.8, 4) is 17.0 Å². The second-order valence-electron chi connectivity index (χ2n) is 7.82. The van der Waals surface area contributed by atoms with E-state index in [1.807, 2.05) is 22.4 Å². The number of benzene rings is 1. The number of thiazole rings is 1. The number of carbonyl (C=O) groups excluding carboxylic acids is 2. The quantitative estimate of drug-likeness (QED) is 0.859. The van der Waals surface area contributed by atoms with E-state index in [-0.39, 0.29) is 23.7 Å². The van der Waals surface area contributed by atoms with Crippen LogP contribution in [0, 0.1) is 11.8 Å². The third kappa shape index (κ3) is 3.51. The van der Waals surface area contributed by atoms with Gasteiger partial charge >= 0.3 is 0 Å². The number of rotatable bonds is 4. The number of ether oxygens (including phenoxy) is 1. The molecule has 0 bridgehead atoms. The van der Waals surface area contributed by atoms with Gasteiger partial charge in [0.25, 0.3) is 0 Å². The summed E-state index contributed by atoms with van der Waals surface area (Å²) >= 11 is 1.45. The zero-order valence-corrected chi connectivity index (χ0v) is 16.5. The molecule has 2 aliphatic heterocycles. The minimum Gasteiger partial charge on any atom is -0.493 e. The van der Waals surface area contributed by atoms with Gasteiger partial charge < -0.3 is 15.0 Å². The van der Waals surface area contributed by atoms with Crippen LogP contribution < -0.4 is 10.1 Å². The summed E-state index contributed by atoms with van der Waals surface area (Å²) < 4.78 is 5.55. The zero-order valence-electron chi connectivity index (χ0n) is 15.6. The summed E-state index contributed by atoms with van der Waals surface area (Å²) in [6.07, 6.45) is 4.45. The van der Waals surface area contributed by atoms with Crippen molar-refractivity contribution in [2.75, 3.05) is 25.0 Å². The van der Waals surface area contributed by atoms with E-state index in [1.165, 1.54) is 16.9 Å². The summed E-state index contributed by atoms with van der Waals surface area (Å²) in [7, 11) is 0. The fourth-order valence-electron chi connectivity index (χ4n) is 3.97. The van der Waals surface area contributed by atoms with Crippen molar-refractivity contribution in [2.45, 2.75) is 32.1 Å². The minimum atomic E-state index is -0.0484. The number of nitrogens with one attached hydrogen (secondary N) is 1. The van der Waals surface area contributed by atoms with Gasteiger partial charge in [-0.1, -0.05) is 0 Å². The Labute approximate surface area is 167 Å². The molecule has 28 heavy (non-hydrogen) atoms. The van der Waals surface area contributed by atoms with Gasteiger partial charge in [-0.3, -0.25) is 9.59 Å². The van der Waals surface area contributed by atoms with E-state index in [2.05, 4.69) is 16.4 Å². The summed E-state index contributed by atoms with van der Waals surface area (Å²) in [6.45, 7) is 2.11. The predicted octanol–water partition coefficient (Wildman–Crippen LogP) is 3.33. The highest BCUT2D eigenvalue weighted by atomic mass is 32.1. The molecule has 1 saturated heterocycles. The Kier molecular flexibility index (Phi) is 4.55. The fourth-order valence-corrected chi connectivity index (χ4v) is 4.69. The summed E-state index contributed by atoms with van der Waals surface area (Å²) in [5, 5.41) is 5.58. The molecule has 0 spiro atoms. The van der Waals surface area contributed by atoms with Crippen LogP contribution in [0.5, 0.6) is 5.75 Å². The summed E-state index contributed by atoms with van der Waals surface area (Å²) in [5.41, 5.74) is 3.14. The Hall–Kier alpha value is -2.41. The Morgan fingerprint density at radius 1 is 1.14 bits per heavy atom. The number of nitrogens with zero attached hydrogens (tertiary/aromatic N) is 2. The van der Waals surface area contributed by atoms with Crippen LogP contribution in [-0.4, -0.2) is 41.4 Å². The molecule has 5 rings (SSSR count). The van der Waals surface area contributed by atoms with Crippen molar-refractivity contribution in [2.24, 2.45) is 11.8 Å². The first kappa shape index (κ1) is 17.7. The number of amides is 2. The van der Waals surface area contributed by atoms with Crippen molar-refractivity contribution < 1.29 is 14.3 Å². The Bertz CT molecular complexity index is 913. The second-order valence-corrected chi connectivity index (χ2v) is 8.68. The third-order valence-electron chi connectivity index (χ3n) is 5.82. The lowest BCUT2D eigenvalue weighted by Gasteiger charge is -2.31. The number of anilines is 1. The molecular formula is C21H23N3O3S. The number of hydrogen-bond donors (Lipinski definition) is 1. The molecule has 2 amide bonds. The molecule has 2 fully saturated rings. The van der Waals surface area contributed by atoms with Gasteiger partial charge in [-0.2, -0.15) is 0 Å². The molecule has 146 valence electrons. The Balaban J connectivity index is 1.19. The van der Waals surface area contributed by atoms with Crippen LogP contribution in [0.15, 0.2) is 23.6 Å². The van der Waals surface area contributed by atoms with E-state index in [0.29, 0.717) is 18.2 Å². The van der Waals surface area contributed by atoms with Gasteiger partial charge in [0.15, 0.2) is 5.13 Å². The predicted molar refractivity (Wildman–Crippen MR) is 107 cm³/mol. The maximum atomic E-state index is 12.6. The highest BCUT2D eigenvalue weighted by Crippen LogP contribution is 2.34. The van der Waals surface area contributed by atoms with E-state index < -0.39 is 0 Å². The zero-order chi connectivity index (χ0) is 19.1. The molecule has 0 radical (unpaired) electrons. The summed E-state index contributed by atoms with van der Waals surface area (Å²) in [4.78, 5) is 31.3. The van der Waals surface area contributed by atoms with Gasteiger partial charge in [0, 0.05) is 42.3 Å². The third-order valence-corrected chi connectivity index (χ3v) is 6.58. The largest absolute Gasteiger partial charge is 0.493 e. The van der Waals surface area contributed by atoms with Crippen LogP contribution in [0.2, 0.25) is 0 Å². The Morgan fingerprint density at radius 3 is 2.75 bits per heavy atom. The molecule has 1 aromatic carbocycles. The number of carbonyl (C=O) groups is 2. The van der Waals surface area contributed by atoms with Gasteiger partial charge in [-0.25, -0.2) is 4.98 Å². The lowest BCUT2D eigenvalue weighted by Crippen LogP contribution is -2.42. The molecule has 0 atom stereocenters. The average molecular weight is 398 g/mol. The fraction of sp³-hybridized carbons (Fsp3) is 0.476. The number of fused-ring (bicyclic) bond motifs is 1. The lowest BCUT2D eigenvalue weighted by atomic mass is 9.95. The van der Waals surface area contributed by atoms with Gasteiger partial charge in [0.05, 0.1) is 12.3 Å². The monoisotopic (exact) mass is 397 g/mol. The van der Waals surface area contributed by atoms with Crippen molar-refractivity contribution in [3.05, 3.63) is 29.1 Å². The smallest absolute Gasteiger partial charge is 0.229 e. The first-order valence-corrected chi connectivity index (χ1v) is 10.9. The molecule has 1 aliphatic carbocycles. The topological polar surface area (TPSA) is 71.5 Å². The molecule has 1 aromatic heterocycles. The van der Waals surface area contributed by atoms with E-state index in [0.717, 1.165) is 55.7 Å². The summed E-state index contributed by atoms with van der Waals surface area (Å²) in [5.74, 6) is 1.46. The number of piperidine rings is 1. The number of hydrogen-bond acceptors (Lipinski definition) is 5. The first-order valence-electron chi connectivity index (χ1n) is 9.98. The van der Waals surface area contributed by atoms with Crippen LogP contribution >= 0.6 is 11.3 Å². The van der Waals surface area contributed by atoms with E-state index in [9.17, 15) is 9.59 Å². The van der Waals surface area contributed by atoms with Gasteiger partial charge in [0.1, 0.15) is 5.75 Å². The van der Waals surface area contributed by atoms with Crippen molar-refractivity contribution in [3.63, 3.8) is 0 Å². The van der Waals surface area contributed by atoms with E-state index in [4.69, 9.17) is 4.74 Å². The van der Waals surface area contributed by atoms with Gasteiger partial charge in [-0.05, 0) is 49.4 Å². The molecule has 7 heteroatoms. The first-order chi connectivity index (χ1) is 13.7. The Morgan fingerprint density at radius 2 is 1.96 bits per heavy atom. The van der Waals surface area contributed by atoms with Crippen molar-refractivity contribution in [1.29, 1.82) is 0 Å². The van der Waals surface area contributed by atoms with Crippen LogP contribution in [0.3, 0.4) is 0 Å². The average Bonchev–Trinajstić information content (AvgIpc) is 3.28. The minimum absolute atomic E-state index is 0.0155. The molecule has 1 N–H and O–H groups in total. The molecule has 2 aromatic rings. The number of likely N-dealkylation sites (tertiary alicyclic amines) is 1. The van der Waals surface area contributed by atoms with E-state index in [1.54, 1.807) is 0 Å². The normalized spacial score (nSPS) is 19.2. The number of aromatic nitrogens is 1. The molecule has 3 aliphatic rings. The molecular weight excluding hydrogens is 374 g/mol. The molecule has 3 heterocycles. The summed E-state index contributed by atoms with van der Waals surface area (Å²) in [6, 6.07) is 6.12. The lowest BCUT2D eigenvalue weighted by molar-refractivity contribution is -0.135.